The summed E-state index contributed by atoms with van der Waals surface area (Å²) in [5.41, 5.74) is 9.83. The fourth-order valence-corrected chi connectivity index (χ4v) is 3.31. The molecule has 0 aliphatic rings. The molecule has 0 radical (unpaired) electrons. The molecule has 0 fully saturated rings. The van der Waals surface area contributed by atoms with Gasteiger partial charge in [-0.25, -0.2) is 14.6 Å². The van der Waals surface area contributed by atoms with Crippen LogP contribution in [0.4, 0.5) is 0 Å². The molecule has 4 rings (SSSR count). The molecular weight excluding hydrogens is 336 g/mol. The van der Waals surface area contributed by atoms with Gasteiger partial charge in [-0.2, -0.15) is 5.10 Å². The topological polar surface area (TPSA) is 85.4 Å². The highest BCUT2D eigenvalue weighted by Crippen LogP contribution is 2.37. The summed E-state index contributed by atoms with van der Waals surface area (Å²) in [5, 5.41) is 7.26. The van der Waals surface area contributed by atoms with E-state index in [4.69, 9.17) is 22.4 Å². The Hall–Kier alpha value is -2.44. The number of halogens is 1. The molecule has 6 nitrogen and oxygen atoms in total. The number of aromatic nitrogens is 5. The maximum absolute atomic E-state index is 6.66. The number of nitrogens with two attached hydrogens (primary N) is 1. The second-order valence-corrected chi connectivity index (χ2v) is 7.47. The summed E-state index contributed by atoms with van der Waals surface area (Å²) in [4.78, 5) is 12.0. The van der Waals surface area contributed by atoms with Gasteiger partial charge in [-0.3, -0.25) is 0 Å². The highest BCUT2D eigenvalue weighted by atomic mass is 35.5. The highest BCUT2D eigenvalue weighted by Gasteiger charge is 2.24. The molecule has 0 aliphatic carbocycles. The normalized spacial score (nSPS) is 12.4. The van der Waals surface area contributed by atoms with E-state index in [-0.39, 0.29) is 5.54 Å². The van der Waals surface area contributed by atoms with Crippen molar-refractivity contribution in [3.63, 3.8) is 0 Å². The van der Waals surface area contributed by atoms with Gasteiger partial charge in [-0.1, -0.05) is 23.7 Å². The molecule has 0 aliphatic heterocycles. The summed E-state index contributed by atoms with van der Waals surface area (Å²) in [6.07, 6.45) is 3.32. The summed E-state index contributed by atoms with van der Waals surface area (Å²) >= 11 is 6.66. The minimum Gasteiger partial charge on any atom is -0.352 e. The fourth-order valence-electron chi connectivity index (χ4n) is 3.01. The third-order valence-electron chi connectivity index (χ3n) is 4.25. The van der Waals surface area contributed by atoms with E-state index in [2.05, 4.69) is 35.7 Å². The van der Waals surface area contributed by atoms with Gasteiger partial charge in [0.15, 0.2) is 5.65 Å². The standard InChI is InChI=1S/C18H19ClN6/c1-18(2,3)25-17-12(8-21-9-22-17)15(24-25)16-14(19)11-5-4-10(7-20)6-13(11)23-16/h4-6,8-9,23H,7,20H2,1-3H3. The monoisotopic (exact) mass is 354 g/mol. The molecule has 4 aromatic rings. The van der Waals surface area contributed by atoms with Gasteiger partial charge < -0.3 is 10.7 Å². The Morgan fingerprint density at radius 2 is 2.04 bits per heavy atom. The van der Waals surface area contributed by atoms with Crippen molar-refractivity contribution in [3.8, 4) is 11.4 Å². The van der Waals surface area contributed by atoms with Crippen molar-refractivity contribution >= 4 is 33.5 Å². The molecule has 0 spiro atoms. The summed E-state index contributed by atoms with van der Waals surface area (Å²) in [6.45, 7) is 6.75. The van der Waals surface area contributed by atoms with E-state index in [0.29, 0.717) is 11.6 Å². The molecule has 0 unspecified atom stereocenters. The lowest BCUT2D eigenvalue weighted by molar-refractivity contribution is 0.366. The van der Waals surface area contributed by atoms with Crippen molar-refractivity contribution in [2.45, 2.75) is 32.9 Å². The average Bonchev–Trinajstić information content (AvgIpc) is 3.12. The van der Waals surface area contributed by atoms with Crippen molar-refractivity contribution in [3.05, 3.63) is 41.3 Å². The molecule has 3 aromatic heterocycles. The molecule has 0 saturated heterocycles. The molecule has 128 valence electrons. The largest absolute Gasteiger partial charge is 0.352 e. The molecule has 0 amide bonds. The highest BCUT2D eigenvalue weighted by molar-refractivity contribution is 6.38. The molecular formula is C18H19ClN6. The van der Waals surface area contributed by atoms with E-state index in [1.165, 1.54) is 6.33 Å². The molecule has 3 N–H and O–H groups in total. The van der Waals surface area contributed by atoms with Crippen LogP contribution in [0.15, 0.2) is 30.7 Å². The Bertz CT molecular complexity index is 1090. The van der Waals surface area contributed by atoms with Gasteiger partial charge in [0.2, 0.25) is 0 Å². The number of nitrogens with one attached hydrogen (secondary N) is 1. The Balaban J connectivity index is 2.02. The number of hydrogen-bond acceptors (Lipinski definition) is 4. The van der Waals surface area contributed by atoms with Crippen LogP contribution in [0, 0.1) is 0 Å². The van der Waals surface area contributed by atoms with Crippen LogP contribution in [0.1, 0.15) is 26.3 Å². The van der Waals surface area contributed by atoms with Crippen molar-refractivity contribution < 1.29 is 0 Å². The number of H-pyrrole nitrogens is 1. The first-order valence-electron chi connectivity index (χ1n) is 8.10. The number of aromatic amines is 1. The van der Waals surface area contributed by atoms with Crippen molar-refractivity contribution in [2.75, 3.05) is 0 Å². The molecule has 0 bridgehead atoms. The number of fused-ring (bicyclic) bond motifs is 2. The number of benzene rings is 1. The number of hydrogen-bond donors (Lipinski definition) is 2. The van der Waals surface area contributed by atoms with Crippen LogP contribution in [0.3, 0.4) is 0 Å². The predicted molar refractivity (Wildman–Crippen MR) is 101 cm³/mol. The molecule has 3 heterocycles. The lowest BCUT2D eigenvalue weighted by atomic mass is 10.1. The first-order chi connectivity index (χ1) is 11.9. The number of nitrogens with zero attached hydrogens (tertiary/aromatic N) is 4. The van der Waals surface area contributed by atoms with Crippen LogP contribution in [0.5, 0.6) is 0 Å². The lowest BCUT2D eigenvalue weighted by Gasteiger charge is -2.19. The molecule has 1 aromatic carbocycles. The summed E-state index contributed by atoms with van der Waals surface area (Å²) < 4.78 is 1.91. The SMILES string of the molecule is CC(C)(C)n1nc(-c2[nH]c3cc(CN)ccc3c2Cl)c2cncnc21. The van der Waals surface area contributed by atoms with Crippen LogP contribution >= 0.6 is 11.6 Å². The van der Waals surface area contributed by atoms with Gasteiger partial charge >= 0.3 is 0 Å². The second-order valence-electron chi connectivity index (χ2n) is 7.09. The zero-order chi connectivity index (χ0) is 17.8. The minimum absolute atomic E-state index is 0.212. The minimum atomic E-state index is -0.212. The summed E-state index contributed by atoms with van der Waals surface area (Å²) in [7, 11) is 0. The molecule has 0 saturated carbocycles. The van der Waals surface area contributed by atoms with E-state index in [1.807, 2.05) is 22.9 Å². The van der Waals surface area contributed by atoms with E-state index >= 15 is 0 Å². The fraction of sp³-hybridized carbons (Fsp3) is 0.278. The Morgan fingerprint density at radius 1 is 1.24 bits per heavy atom. The number of rotatable bonds is 2. The van der Waals surface area contributed by atoms with Gasteiger partial charge in [0.05, 0.1) is 21.6 Å². The van der Waals surface area contributed by atoms with Crippen molar-refractivity contribution in [1.29, 1.82) is 0 Å². The van der Waals surface area contributed by atoms with E-state index in [9.17, 15) is 0 Å². The summed E-state index contributed by atoms with van der Waals surface area (Å²) in [6, 6.07) is 5.99. The van der Waals surface area contributed by atoms with Gasteiger partial charge in [0, 0.05) is 23.6 Å². The van der Waals surface area contributed by atoms with Gasteiger partial charge in [-0.15, -0.1) is 0 Å². The maximum Gasteiger partial charge on any atom is 0.162 e. The van der Waals surface area contributed by atoms with E-state index < -0.39 is 0 Å². The third kappa shape index (κ3) is 2.49. The molecule has 25 heavy (non-hydrogen) atoms. The second kappa shape index (κ2) is 5.54. The molecule has 0 atom stereocenters. The molecule has 7 heteroatoms. The third-order valence-corrected chi connectivity index (χ3v) is 4.65. The van der Waals surface area contributed by atoms with Crippen LogP contribution in [-0.2, 0) is 12.1 Å². The van der Waals surface area contributed by atoms with Gasteiger partial charge in [0.25, 0.3) is 0 Å². The van der Waals surface area contributed by atoms with Crippen molar-refractivity contribution in [1.82, 2.24) is 24.7 Å². The van der Waals surface area contributed by atoms with E-state index in [0.717, 1.165) is 38.9 Å². The first-order valence-corrected chi connectivity index (χ1v) is 8.47. The quantitative estimate of drug-likeness (QED) is 0.572. The first kappa shape index (κ1) is 16.1. The van der Waals surface area contributed by atoms with Crippen LogP contribution in [-0.4, -0.2) is 24.7 Å². The predicted octanol–water partition coefficient (Wildman–Crippen LogP) is 3.84. The van der Waals surface area contributed by atoms with Gasteiger partial charge in [0.1, 0.15) is 12.0 Å². The Morgan fingerprint density at radius 3 is 2.76 bits per heavy atom. The Labute approximate surface area is 150 Å². The van der Waals surface area contributed by atoms with Crippen LogP contribution < -0.4 is 5.73 Å². The van der Waals surface area contributed by atoms with Crippen molar-refractivity contribution in [2.24, 2.45) is 5.73 Å². The zero-order valence-corrected chi connectivity index (χ0v) is 15.1. The van der Waals surface area contributed by atoms with Crippen LogP contribution in [0.2, 0.25) is 5.02 Å². The van der Waals surface area contributed by atoms with Gasteiger partial charge in [-0.05, 0) is 32.4 Å². The summed E-state index contributed by atoms with van der Waals surface area (Å²) in [5.74, 6) is 0. The Kier molecular flexibility index (Phi) is 3.56. The zero-order valence-electron chi connectivity index (χ0n) is 14.3. The lowest BCUT2D eigenvalue weighted by Crippen LogP contribution is -2.23. The van der Waals surface area contributed by atoms with E-state index in [1.54, 1.807) is 6.20 Å². The van der Waals surface area contributed by atoms with Crippen LogP contribution in [0.25, 0.3) is 33.3 Å². The smallest absolute Gasteiger partial charge is 0.162 e. The average molecular weight is 355 g/mol. The maximum atomic E-state index is 6.66.